The van der Waals surface area contributed by atoms with Crippen LogP contribution in [0.3, 0.4) is 0 Å². The quantitative estimate of drug-likeness (QED) is 0.549. The molecule has 0 radical (unpaired) electrons. The molecule has 0 aliphatic heterocycles. The summed E-state index contributed by atoms with van der Waals surface area (Å²) in [5.41, 5.74) is 5.24. The van der Waals surface area contributed by atoms with Crippen LogP contribution in [0.25, 0.3) is 0 Å². The van der Waals surface area contributed by atoms with E-state index in [2.05, 4.69) is 0 Å². The van der Waals surface area contributed by atoms with Crippen LogP contribution in [-0.4, -0.2) is 21.7 Å². The minimum absolute atomic E-state index is 0.0600. The number of hydrogen-bond acceptors (Lipinski definition) is 5. The van der Waals surface area contributed by atoms with Gasteiger partial charge in [-0.05, 0) is 13.0 Å². The highest BCUT2D eigenvalue weighted by Gasteiger charge is 2.25. The molecule has 16 heavy (non-hydrogen) atoms. The Hall–Kier alpha value is -1.37. The van der Waals surface area contributed by atoms with E-state index in [-0.39, 0.29) is 16.1 Å². The molecule has 88 valence electrons. The first kappa shape index (κ1) is 12.7. The van der Waals surface area contributed by atoms with Crippen LogP contribution in [0, 0.1) is 17.0 Å². The van der Waals surface area contributed by atoms with Gasteiger partial charge >= 0.3 is 5.69 Å². The minimum Gasteiger partial charge on any atom is -0.502 e. The predicted molar refractivity (Wildman–Crippen MR) is 58.5 cm³/mol. The fraction of sp³-hybridized carbons (Fsp3) is 0.333. The number of nitro benzene ring substituents is 1. The summed E-state index contributed by atoms with van der Waals surface area (Å²) in [5, 5.41) is 29.4. The fourth-order valence-electron chi connectivity index (χ4n) is 1.34. The van der Waals surface area contributed by atoms with Gasteiger partial charge in [-0.15, -0.1) is 0 Å². The Morgan fingerprint density at radius 1 is 1.69 bits per heavy atom. The largest absolute Gasteiger partial charge is 0.502 e. The Morgan fingerprint density at radius 3 is 2.69 bits per heavy atom. The van der Waals surface area contributed by atoms with Crippen molar-refractivity contribution in [1.82, 2.24) is 0 Å². The Bertz CT molecular complexity index is 436. The Balaban J connectivity index is 3.50. The van der Waals surface area contributed by atoms with Crippen molar-refractivity contribution in [3.63, 3.8) is 0 Å². The van der Waals surface area contributed by atoms with E-state index in [0.717, 1.165) is 0 Å². The van der Waals surface area contributed by atoms with E-state index in [1.807, 2.05) is 0 Å². The summed E-state index contributed by atoms with van der Waals surface area (Å²) in [6, 6.07) is 0.414. The van der Waals surface area contributed by atoms with Crippen molar-refractivity contribution in [3.8, 4) is 5.75 Å². The van der Waals surface area contributed by atoms with Crippen molar-refractivity contribution in [3.05, 3.63) is 32.3 Å². The number of rotatable bonds is 3. The highest BCUT2D eigenvalue weighted by Crippen LogP contribution is 2.39. The molecule has 0 spiro atoms. The highest BCUT2D eigenvalue weighted by molar-refractivity contribution is 6.31. The lowest BCUT2D eigenvalue weighted by Gasteiger charge is -2.12. The van der Waals surface area contributed by atoms with Crippen LogP contribution in [0.1, 0.15) is 17.2 Å². The SMILES string of the molecule is Cc1c(Cl)cc([C@@H](N)CO)c(O)c1[N+](=O)[O-]. The summed E-state index contributed by atoms with van der Waals surface area (Å²) in [6.45, 7) is 0.985. The molecule has 1 aromatic carbocycles. The molecule has 0 aliphatic carbocycles. The molecule has 1 rings (SSSR count). The molecular formula is C9H11ClN2O4. The van der Waals surface area contributed by atoms with Gasteiger partial charge in [0.05, 0.1) is 22.6 Å². The average Bonchev–Trinajstić information content (AvgIpc) is 2.22. The van der Waals surface area contributed by atoms with E-state index in [9.17, 15) is 15.2 Å². The zero-order valence-electron chi connectivity index (χ0n) is 8.48. The molecule has 1 aromatic rings. The van der Waals surface area contributed by atoms with Crippen LogP contribution < -0.4 is 5.73 Å². The Labute approximate surface area is 96.4 Å². The molecular weight excluding hydrogens is 236 g/mol. The number of phenolic OH excluding ortho intramolecular Hbond substituents is 1. The van der Waals surface area contributed by atoms with Gasteiger partial charge < -0.3 is 15.9 Å². The number of halogens is 1. The number of aliphatic hydroxyl groups is 1. The summed E-state index contributed by atoms with van der Waals surface area (Å²) in [7, 11) is 0. The second-order valence-corrected chi connectivity index (χ2v) is 3.72. The van der Waals surface area contributed by atoms with Gasteiger partial charge in [-0.3, -0.25) is 10.1 Å². The fourth-order valence-corrected chi connectivity index (χ4v) is 1.55. The van der Waals surface area contributed by atoms with Crippen molar-refractivity contribution >= 4 is 17.3 Å². The number of hydrogen-bond donors (Lipinski definition) is 3. The second-order valence-electron chi connectivity index (χ2n) is 3.32. The molecule has 0 amide bonds. The van der Waals surface area contributed by atoms with E-state index in [1.165, 1.54) is 13.0 Å². The van der Waals surface area contributed by atoms with Gasteiger partial charge in [-0.1, -0.05) is 11.6 Å². The van der Waals surface area contributed by atoms with E-state index < -0.39 is 29.0 Å². The zero-order chi connectivity index (χ0) is 12.5. The third-order valence-electron chi connectivity index (χ3n) is 2.27. The van der Waals surface area contributed by atoms with Gasteiger partial charge in [0.2, 0.25) is 0 Å². The van der Waals surface area contributed by atoms with Crippen LogP contribution in [-0.2, 0) is 0 Å². The van der Waals surface area contributed by atoms with Crippen LogP contribution in [0.2, 0.25) is 5.02 Å². The summed E-state index contributed by atoms with van der Waals surface area (Å²) in [6.07, 6.45) is 0. The summed E-state index contributed by atoms with van der Waals surface area (Å²) in [4.78, 5) is 10.0. The summed E-state index contributed by atoms with van der Waals surface area (Å²) < 4.78 is 0. The van der Waals surface area contributed by atoms with Crippen molar-refractivity contribution in [1.29, 1.82) is 0 Å². The van der Waals surface area contributed by atoms with Gasteiger partial charge in [0.15, 0.2) is 5.75 Å². The van der Waals surface area contributed by atoms with E-state index in [1.54, 1.807) is 0 Å². The molecule has 0 fully saturated rings. The van der Waals surface area contributed by atoms with Crippen LogP contribution in [0.15, 0.2) is 6.07 Å². The summed E-state index contributed by atoms with van der Waals surface area (Å²) in [5.74, 6) is -0.548. The number of nitro groups is 1. The molecule has 4 N–H and O–H groups in total. The van der Waals surface area contributed by atoms with Gasteiger partial charge in [-0.2, -0.15) is 0 Å². The zero-order valence-corrected chi connectivity index (χ0v) is 9.23. The number of benzene rings is 1. The molecule has 0 saturated carbocycles. The van der Waals surface area contributed by atoms with Crippen LogP contribution in [0.4, 0.5) is 5.69 Å². The van der Waals surface area contributed by atoms with Gasteiger partial charge in [0.25, 0.3) is 0 Å². The molecule has 0 unspecified atom stereocenters. The first-order chi connectivity index (χ1) is 7.40. The minimum atomic E-state index is -0.906. The van der Waals surface area contributed by atoms with E-state index >= 15 is 0 Å². The molecule has 0 saturated heterocycles. The van der Waals surface area contributed by atoms with Crippen molar-refractivity contribution < 1.29 is 15.1 Å². The van der Waals surface area contributed by atoms with Crippen molar-refractivity contribution in [2.45, 2.75) is 13.0 Å². The first-order valence-corrected chi connectivity index (χ1v) is 4.80. The molecule has 0 aliphatic rings. The molecule has 0 heterocycles. The maximum absolute atomic E-state index is 10.7. The van der Waals surface area contributed by atoms with Crippen LogP contribution in [0.5, 0.6) is 5.75 Å². The lowest BCUT2D eigenvalue weighted by molar-refractivity contribution is -0.386. The Kier molecular flexibility index (Phi) is 3.69. The lowest BCUT2D eigenvalue weighted by Crippen LogP contribution is -2.15. The monoisotopic (exact) mass is 246 g/mol. The number of nitrogens with two attached hydrogens (primary N) is 1. The number of nitrogens with zero attached hydrogens (tertiary/aromatic N) is 1. The molecule has 6 nitrogen and oxygen atoms in total. The maximum atomic E-state index is 10.7. The maximum Gasteiger partial charge on any atom is 0.315 e. The van der Waals surface area contributed by atoms with Gasteiger partial charge in [0, 0.05) is 11.1 Å². The standard InChI is InChI=1S/C9H11ClN2O4/c1-4-6(10)2-5(7(11)3-13)9(14)8(4)12(15)16/h2,7,13-14H,3,11H2,1H3/t7-/m0/s1. The summed E-state index contributed by atoms with van der Waals surface area (Å²) >= 11 is 5.78. The predicted octanol–water partition coefficient (Wildman–Crippen LogP) is 1.25. The van der Waals surface area contributed by atoms with Crippen LogP contribution >= 0.6 is 11.6 Å². The smallest absolute Gasteiger partial charge is 0.315 e. The normalized spacial score (nSPS) is 12.5. The highest BCUT2D eigenvalue weighted by atomic mass is 35.5. The number of aromatic hydroxyl groups is 1. The Morgan fingerprint density at radius 2 is 2.25 bits per heavy atom. The number of phenols is 1. The van der Waals surface area contributed by atoms with E-state index in [0.29, 0.717) is 0 Å². The van der Waals surface area contributed by atoms with Crippen molar-refractivity contribution in [2.75, 3.05) is 6.61 Å². The van der Waals surface area contributed by atoms with Gasteiger partial charge in [0.1, 0.15) is 0 Å². The number of aliphatic hydroxyl groups excluding tert-OH is 1. The second kappa shape index (κ2) is 4.65. The van der Waals surface area contributed by atoms with Gasteiger partial charge in [-0.25, -0.2) is 0 Å². The molecule has 0 aromatic heterocycles. The van der Waals surface area contributed by atoms with E-state index in [4.69, 9.17) is 22.4 Å². The molecule has 0 bridgehead atoms. The first-order valence-electron chi connectivity index (χ1n) is 4.43. The third-order valence-corrected chi connectivity index (χ3v) is 2.66. The lowest BCUT2D eigenvalue weighted by atomic mass is 10.0. The average molecular weight is 247 g/mol. The van der Waals surface area contributed by atoms with Crippen molar-refractivity contribution in [2.24, 2.45) is 5.73 Å². The topological polar surface area (TPSA) is 110 Å². The third kappa shape index (κ3) is 2.08. The molecule has 1 atom stereocenters. The molecule has 7 heteroatoms.